The highest BCUT2D eigenvalue weighted by molar-refractivity contribution is 5.94. The molecule has 134 valence electrons. The molecule has 0 aromatic heterocycles. The van der Waals surface area contributed by atoms with E-state index >= 15 is 0 Å². The average molecular weight is 348 g/mol. The lowest BCUT2D eigenvalue weighted by Crippen LogP contribution is -2.29. The van der Waals surface area contributed by atoms with Crippen molar-refractivity contribution >= 4 is 11.6 Å². The number of carbonyl (C=O) groups excluding carboxylic acids is 1. The summed E-state index contributed by atoms with van der Waals surface area (Å²) in [7, 11) is 0. The molecule has 2 aliphatic carbocycles. The third-order valence-electron chi connectivity index (χ3n) is 5.35. The molecule has 3 aliphatic rings. The molecule has 1 aromatic rings. The van der Waals surface area contributed by atoms with Gasteiger partial charge >= 0.3 is 0 Å². The van der Waals surface area contributed by atoms with Crippen molar-refractivity contribution in [2.75, 3.05) is 6.61 Å². The molecular formula is C22H24N2O2. The quantitative estimate of drug-likeness (QED) is 0.801. The van der Waals surface area contributed by atoms with E-state index in [0.29, 0.717) is 18.6 Å². The Labute approximate surface area is 154 Å². The molecule has 0 spiro atoms. The minimum absolute atomic E-state index is 0.133. The second kappa shape index (κ2) is 6.94. The van der Waals surface area contributed by atoms with Crippen LogP contribution in [0.5, 0.6) is 5.75 Å². The Morgan fingerprint density at radius 2 is 1.96 bits per heavy atom. The van der Waals surface area contributed by atoms with Crippen LogP contribution in [0.25, 0.3) is 0 Å². The van der Waals surface area contributed by atoms with Gasteiger partial charge in [-0.05, 0) is 55.5 Å². The fourth-order valence-corrected chi connectivity index (χ4v) is 3.87. The zero-order valence-electron chi connectivity index (χ0n) is 15.0. The highest BCUT2D eigenvalue weighted by Crippen LogP contribution is 2.33. The maximum Gasteiger partial charge on any atom is 0.228 e. The molecule has 2 N–H and O–H groups in total. The largest absolute Gasteiger partial charge is 0.489 e. The number of aliphatic imine (C=N–C) groups is 1. The fourth-order valence-electron chi connectivity index (χ4n) is 3.87. The van der Waals surface area contributed by atoms with E-state index in [1.165, 1.54) is 11.1 Å². The van der Waals surface area contributed by atoms with Gasteiger partial charge in [-0.15, -0.1) is 0 Å². The summed E-state index contributed by atoms with van der Waals surface area (Å²) in [6, 6.07) is 8.48. The summed E-state index contributed by atoms with van der Waals surface area (Å²) in [5.41, 5.74) is 10.0. The van der Waals surface area contributed by atoms with Crippen molar-refractivity contribution in [2.45, 2.75) is 32.2 Å². The van der Waals surface area contributed by atoms with E-state index < -0.39 is 0 Å². The van der Waals surface area contributed by atoms with Crippen molar-refractivity contribution < 1.29 is 9.53 Å². The second-order valence-electron chi connectivity index (χ2n) is 7.34. The number of rotatable bonds is 6. The van der Waals surface area contributed by atoms with E-state index in [9.17, 15) is 4.79 Å². The number of benzene rings is 1. The summed E-state index contributed by atoms with van der Waals surface area (Å²) in [6.07, 6.45) is 11.5. The van der Waals surface area contributed by atoms with E-state index in [2.05, 4.69) is 37.3 Å². The molecule has 1 aliphatic heterocycles. The lowest BCUT2D eigenvalue weighted by atomic mass is 9.81. The maximum atomic E-state index is 11.1. The Morgan fingerprint density at radius 1 is 1.19 bits per heavy atom. The lowest BCUT2D eigenvalue weighted by molar-refractivity contribution is -0.118. The van der Waals surface area contributed by atoms with Gasteiger partial charge in [0.15, 0.2) is 0 Å². The molecular weight excluding hydrogens is 324 g/mol. The third kappa shape index (κ3) is 3.64. The normalized spacial score (nSPS) is 26.3. The average Bonchev–Trinajstić information content (AvgIpc) is 3.40. The number of ether oxygens (including phenoxy) is 1. The van der Waals surface area contributed by atoms with Crippen LogP contribution in [0.3, 0.4) is 0 Å². The van der Waals surface area contributed by atoms with Gasteiger partial charge in [0, 0.05) is 11.6 Å². The van der Waals surface area contributed by atoms with Crippen molar-refractivity contribution in [2.24, 2.45) is 22.6 Å². The lowest BCUT2D eigenvalue weighted by Gasteiger charge is -2.31. The summed E-state index contributed by atoms with van der Waals surface area (Å²) >= 11 is 0. The number of primary amides is 1. The third-order valence-corrected chi connectivity index (χ3v) is 5.35. The van der Waals surface area contributed by atoms with Gasteiger partial charge < -0.3 is 10.5 Å². The first-order chi connectivity index (χ1) is 12.6. The van der Waals surface area contributed by atoms with Crippen LogP contribution in [0.1, 0.15) is 25.3 Å². The standard InChI is InChI=1S/C22H24N2O2/c1-14-10-17(19-4-2-3-5-21(19)24-14)13-26-18-8-6-15(7-9-18)11-16-12-20(16)22(23)25/h2-3,6-10,12,19-21H,4-5,11,13H2,1H3,(H2,23,25). The Hall–Kier alpha value is -2.62. The highest BCUT2D eigenvalue weighted by Gasteiger charge is 2.30. The molecule has 26 heavy (non-hydrogen) atoms. The van der Waals surface area contributed by atoms with Crippen molar-refractivity contribution in [3.05, 3.63) is 65.3 Å². The number of nitrogens with zero attached hydrogens (tertiary/aromatic N) is 1. The van der Waals surface area contributed by atoms with Gasteiger partial charge in [-0.3, -0.25) is 9.79 Å². The molecule has 1 heterocycles. The first-order valence-corrected chi connectivity index (χ1v) is 9.21. The second-order valence-corrected chi connectivity index (χ2v) is 7.34. The van der Waals surface area contributed by atoms with Crippen molar-refractivity contribution in [3.8, 4) is 5.75 Å². The molecule has 3 unspecified atom stereocenters. The number of nitrogens with two attached hydrogens (primary N) is 1. The number of amides is 1. The Kier molecular flexibility index (Phi) is 4.49. The molecule has 1 aromatic carbocycles. The van der Waals surface area contributed by atoms with E-state index in [0.717, 1.165) is 36.3 Å². The summed E-state index contributed by atoms with van der Waals surface area (Å²) in [4.78, 5) is 15.9. The molecule has 0 fully saturated rings. The van der Waals surface area contributed by atoms with Crippen molar-refractivity contribution in [1.82, 2.24) is 0 Å². The number of fused-ring (bicyclic) bond motifs is 1. The van der Waals surface area contributed by atoms with Gasteiger partial charge in [-0.2, -0.15) is 0 Å². The molecule has 0 saturated carbocycles. The zero-order valence-corrected chi connectivity index (χ0v) is 15.0. The van der Waals surface area contributed by atoms with E-state index in [4.69, 9.17) is 15.5 Å². The fraction of sp³-hybridized carbons (Fsp3) is 0.364. The molecule has 4 nitrogen and oxygen atoms in total. The molecule has 4 rings (SSSR count). The molecule has 4 heteroatoms. The van der Waals surface area contributed by atoms with Gasteiger partial charge in [-0.1, -0.05) is 35.9 Å². The first kappa shape index (κ1) is 16.8. The number of hydrogen-bond acceptors (Lipinski definition) is 3. The van der Waals surface area contributed by atoms with Gasteiger partial charge in [0.1, 0.15) is 12.4 Å². The minimum Gasteiger partial charge on any atom is -0.489 e. The Balaban J connectivity index is 1.35. The number of dihydropyridines is 1. The van der Waals surface area contributed by atoms with Crippen LogP contribution in [0, 0.1) is 11.8 Å². The molecule has 1 amide bonds. The summed E-state index contributed by atoms with van der Waals surface area (Å²) in [5.74, 6) is 0.950. The molecule has 0 radical (unpaired) electrons. The van der Waals surface area contributed by atoms with Crippen molar-refractivity contribution in [3.63, 3.8) is 0 Å². The first-order valence-electron chi connectivity index (χ1n) is 9.21. The molecule has 3 atom stereocenters. The van der Waals surface area contributed by atoms with Crippen LogP contribution in [-0.4, -0.2) is 24.3 Å². The number of allylic oxidation sites excluding steroid dienone is 2. The van der Waals surface area contributed by atoms with Crippen molar-refractivity contribution in [1.29, 1.82) is 0 Å². The summed E-state index contributed by atoms with van der Waals surface area (Å²) in [5, 5.41) is 0. The summed E-state index contributed by atoms with van der Waals surface area (Å²) < 4.78 is 6.04. The van der Waals surface area contributed by atoms with Gasteiger partial charge in [-0.25, -0.2) is 0 Å². The van der Waals surface area contributed by atoms with Crippen LogP contribution in [-0.2, 0) is 11.2 Å². The Morgan fingerprint density at radius 3 is 2.69 bits per heavy atom. The SMILES string of the molecule is CC1=NC2CC=CCC2C(COc2ccc(CC3=CC3C(N)=O)cc2)=C1. The molecule has 0 saturated heterocycles. The monoisotopic (exact) mass is 348 g/mol. The van der Waals surface area contributed by atoms with E-state index in [1.807, 2.05) is 18.2 Å². The van der Waals surface area contributed by atoms with Crippen LogP contribution < -0.4 is 10.5 Å². The van der Waals surface area contributed by atoms with E-state index in [-0.39, 0.29) is 11.8 Å². The number of hydrogen-bond donors (Lipinski definition) is 1. The highest BCUT2D eigenvalue weighted by atomic mass is 16.5. The van der Waals surface area contributed by atoms with Crippen LogP contribution in [0.2, 0.25) is 0 Å². The predicted octanol–water partition coefficient (Wildman–Crippen LogP) is 3.39. The van der Waals surface area contributed by atoms with Gasteiger partial charge in [0.05, 0.1) is 12.0 Å². The predicted molar refractivity (Wildman–Crippen MR) is 103 cm³/mol. The maximum absolute atomic E-state index is 11.1. The van der Waals surface area contributed by atoms with Crippen LogP contribution >= 0.6 is 0 Å². The van der Waals surface area contributed by atoms with Gasteiger partial charge in [0.2, 0.25) is 5.91 Å². The zero-order chi connectivity index (χ0) is 18.1. The van der Waals surface area contributed by atoms with Crippen LogP contribution in [0.15, 0.2) is 64.7 Å². The van der Waals surface area contributed by atoms with Gasteiger partial charge in [0.25, 0.3) is 0 Å². The summed E-state index contributed by atoms with van der Waals surface area (Å²) in [6.45, 7) is 2.67. The number of carbonyl (C=O) groups is 1. The van der Waals surface area contributed by atoms with Crippen LogP contribution in [0.4, 0.5) is 0 Å². The van der Waals surface area contributed by atoms with E-state index in [1.54, 1.807) is 0 Å². The minimum atomic E-state index is -0.254. The Bertz CT molecular complexity index is 830. The molecule has 0 bridgehead atoms. The topological polar surface area (TPSA) is 64.7 Å². The smallest absolute Gasteiger partial charge is 0.228 e.